The molecule has 9 nitrogen and oxygen atoms in total. The summed E-state index contributed by atoms with van der Waals surface area (Å²) >= 11 is 0. The molecule has 2 aromatic heterocycles. The first kappa shape index (κ1) is 22.4. The minimum atomic E-state index is 0.608. The van der Waals surface area contributed by atoms with Crippen molar-refractivity contribution >= 4 is 28.6 Å². The molecule has 9 heteroatoms. The summed E-state index contributed by atoms with van der Waals surface area (Å²) in [6.07, 6.45) is 4.90. The van der Waals surface area contributed by atoms with Gasteiger partial charge in [-0.1, -0.05) is 24.3 Å². The SMILES string of the molecule is CN(C)C1CCN(c2nc(N3CCc4ccccc4C3)c3ncnc(N4CCOCC4)c3n2)CC1. The number of piperidine rings is 1. The van der Waals surface area contributed by atoms with Crippen LogP contribution in [0.5, 0.6) is 0 Å². The summed E-state index contributed by atoms with van der Waals surface area (Å²) in [5.41, 5.74) is 4.48. The van der Waals surface area contributed by atoms with Crippen LogP contribution in [0.1, 0.15) is 24.0 Å². The summed E-state index contributed by atoms with van der Waals surface area (Å²) in [6.45, 7) is 6.70. The molecule has 0 amide bonds. The minimum absolute atomic E-state index is 0.608. The van der Waals surface area contributed by atoms with E-state index in [2.05, 4.69) is 58.0 Å². The molecular weight excluding hydrogens is 440 g/mol. The number of fused-ring (bicyclic) bond motifs is 2. The third-order valence-corrected chi connectivity index (χ3v) is 7.65. The number of hydrogen-bond acceptors (Lipinski definition) is 9. The maximum atomic E-state index is 5.60. The largest absolute Gasteiger partial charge is 0.378 e. The van der Waals surface area contributed by atoms with Gasteiger partial charge in [0.1, 0.15) is 17.4 Å². The summed E-state index contributed by atoms with van der Waals surface area (Å²) in [7, 11) is 4.34. The molecule has 5 heterocycles. The van der Waals surface area contributed by atoms with E-state index in [1.165, 1.54) is 11.1 Å². The molecule has 2 fully saturated rings. The zero-order valence-corrected chi connectivity index (χ0v) is 20.7. The number of benzene rings is 1. The fraction of sp³-hybridized carbons (Fsp3) is 0.538. The van der Waals surface area contributed by atoms with Crippen LogP contribution in [-0.4, -0.2) is 90.9 Å². The van der Waals surface area contributed by atoms with Gasteiger partial charge in [0.2, 0.25) is 5.95 Å². The lowest BCUT2D eigenvalue weighted by molar-refractivity contribution is 0.122. The molecule has 0 unspecified atom stereocenters. The third kappa shape index (κ3) is 4.38. The Balaban J connectivity index is 1.42. The number of anilines is 3. The molecule has 0 radical (unpaired) electrons. The summed E-state index contributed by atoms with van der Waals surface area (Å²) in [5.74, 6) is 2.61. The van der Waals surface area contributed by atoms with Gasteiger partial charge in [-0.3, -0.25) is 0 Å². The lowest BCUT2D eigenvalue weighted by atomic mass is 10.00. The number of nitrogens with zero attached hydrogens (tertiary/aromatic N) is 8. The molecule has 3 aliphatic heterocycles. The zero-order valence-electron chi connectivity index (χ0n) is 20.7. The van der Waals surface area contributed by atoms with E-state index in [-0.39, 0.29) is 0 Å². The maximum Gasteiger partial charge on any atom is 0.228 e. The summed E-state index contributed by atoms with van der Waals surface area (Å²) in [6, 6.07) is 9.33. The van der Waals surface area contributed by atoms with Gasteiger partial charge in [0.15, 0.2) is 11.6 Å². The van der Waals surface area contributed by atoms with E-state index >= 15 is 0 Å². The predicted molar refractivity (Wildman–Crippen MR) is 138 cm³/mol. The number of hydrogen-bond donors (Lipinski definition) is 0. The van der Waals surface area contributed by atoms with Crippen molar-refractivity contribution in [2.24, 2.45) is 0 Å². The first-order valence-corrected chi connectivity index (χ1v) is 12.8. The van der Waals surface area contributed by atoms with Crippen molar-refractivity contribution in [3.05, 3.63) is 41.7 Å². The van der Waals surface area contributed by atoms with Gasteiger partial charge in [-0.25, -0.2) is 15.0 Å². The molecule has 0 spiro atoms. The number of morpholine rings is 1. The van der Waals surface area contributed by atoms with Crippen molar-refractivity contribution < 1.29 is 4.74 Å². The molecule has 0 saturated carbocycles. The van der Waals surface area contributed by atoms with Gasteiger partial charge in [0.05, 0.1) is 13.2 Å². The summed E-state index contributed by atoms with van der Waals surface area (Å²) < 4.78 is 5.60. The Morgan fingerprint density at radius 2 is 1.57 bits per heavy atom. The Morgan fingerprint density at radius 1 is 0.800 bits per heavy atom. The lowest BCUT2D eigenvalue weighted by Crippen LogP contribution is -2.43. The molecule has 6 rings (SSSR count). The van der Waals surface area contributed by atoms with Crippen LogP contribution < -0.4 is 14.7 Å². The van der Waals surface area contributed by atoms with Crippen LogP contribution in [0.25, 0.3) is 11.0 Å². The van der Waals surface area contributed by atoms with E-state index in [9.17, 15) is 0 Å². The fourth-order valence-electron chi connectivity index (χ4n) is 5.54. The number of aromatic nitrogens is 4. The second kappa shape index (κ2) is 9.54. The highest BCUT2D eigenvalue weighted by Crippen LogP contribution is 2.33. The van der Waals surface area contributed by atoms with Crippen molar-refractivity contribution in [3.8, 4) is 0 Å². The Bertz CT molecular complexity index is 1190. The minimum Gasteiger partial charge on any atom is -0.378 e. The van der Waals surface area contributed by atoms with Gasteiger partial charge in [0, 0.05) is 45.3 Å². The zero-order chi connectivity index (χ0) is 23.8. The van der Waals surface area contributed by atoms with Gasteiger partial charge in [-0.15, -0.1) is 0 Å². The first-order valence-electron chi connectivity index (χ1n) is 12.8. The number of rotatable bonds is 4. The van der Waals surface area contributed by atoms with Crippen molar-refractivity contribution in [3.63, 3.8) is 0 Å². The Morgan fingerprint density at radius 3 is 2.34 bits per heavy atom. The molecule has 3 aromatic rings. The first-order chi connectivity index (χ1) is 17.2. The van der Waals surface area contributed by atoms with E-state index in [0.29, 0.717) is 19.3 Å². The van der Waals surface area contributed by atoms with Crippen molar-refractivity contribution in [2.45, 2.75) is 31.8 Å². The molecule has 35 heavy (non-hydrogen) atoms. The van der Waals surface area contributed by atoms with E-state index < -0.39 is 0 Å². The Hall–Kier alpha value is -3.04. The topological polar surface area (TPSA) is 73.8 Å². The van der Waals surface area contributed by atoms with Crippen molar-refractivity contribution in [2.75, 3.05) is 74.7 Å². The molecule has 0 bridgehead atoms. The standard InChI is InChI=1S/C26H34N8O/c1-31(2)21-8-11-33(12-9-21)26-29-23-22(27-18-28-24(23)32-13-15-35-16-14-32)25(30-26)34-10-7-19-5-3-4-6-20(19)17-34/h3-6,18,21H,7-17H2,1-2H3. The summed E-state index contributed by atoms with van der Waals surface area (Å²) in [4.78, 5) is 29.0. The maximum absolute atomic E-state index is 5.60. The lowest BCUT2D eigenvalue weighted by Gasteiger charge is -2.36. The van der Waals surface area contributed by atoms with Crippen LogP contribution in [0, 0.1) is 0 Å². The summed E-state index contributed by atoms with van der Waals surface area (Å²) in [5, 5.41) is 0. The van der Waals surface area contributed by atoms with Gasteiger partial charge < -0.3 is 24.3 Å². The van der Waals surface area contributed by atoms with Gasteiger partial charge >= 0.3 is 0 Å². The third-order valence-electron chi connectivity index (χ3n) is 7.65. The Labute approximate surface area is 206 Å². The second-order valence-corrected chi connectivity index (χ2v) is 9.96. The number of ether oxygens (including phenoxy) is 1. The van der Waals surface area contributed by atoms with Crippen LogP contribution in [0.2, 0.25) is 0 Å². The highest BCUT2D eigenvalue weighted by atomic mass is 16.5. The normalized spacial score (nSPS) is 19.5. The fourth-order valence-corrected chi connectivity index (χ4v) is 5.54. The second-order valence-electron chi connectivity index (χ2n) is 9.96. The van der Waals surface area contributed by atoms with Crippen LogP contribution in [0.4, 0.5) is 17.6 Å². The quantitative estimate of drug-likeness (QED) is 0.566. The Kier molecular flexibility index (Phi) is 6.12. The van der Waals surface area contributed by atoms with E-state index in [0.717, 1.165) is 87.1 Å². The van der Waals surface area contributed by atoms with Gasteiger partial charge in [-0.2, -0.15) is 4.98 Å². The molecule has 184 valence electrons. The van der Waals surface area contributed by atoms with Crippen LogP contribution >= 0.6 is 0 Å². The van der Waals surface area contributed by atoms with Crippen LogP contribution in [0.3, 0.4) is 0 Å². The molecule has 2 saturated heterocycles. The van der Waals surface area contributed by atoms with Crippen LogP contribution in [0.15, 0.2) is 30.6 Å². The average Bonchev–Trinajstić information content (AvgIpc) is 2.92. The predicted octanol–water partition coefficient (Wildman–Crippen LogP) is 2.35. The molecule has 3 aliphatic rings. The highest BCUT2D eigenvalue weighted by Gasteiger charge is 2.28. The average molecular weight is 475 g/mol. The van der Waals surface area contributed by atoms with E-state index in [1.807, 2.05) is 0 Å². The van der Waals surface area contributed by atoms with E-state index in [1.54, 1.807) is 6.33 Å². The highest BCUT2D eigenvalue weighted by molar-refractivity contribution is 5.94. The monoisotopic (exact) mass is 474 g/mol. The van der Waals surface area contributed by atoms with E-state index in [4.69, 9.17) is 24.7 Å². The van der Waals surface area contributed by atoms with Gasteiger partial charge in [0.25, 0.3) is 0 Å². The van der Waals surface area contributed by atoms with Gasteiger partial charge in [-0.05, 0) is 44.5 Å². The molecular formula is C26H34N8O. The smallest absolute Gasteiger partial charge is 0.228 e. The molecule has 0 aliphatic carbocycles. The van der Waals surface area contributed by atoms with Crippen molar-refractivity contribution in [1.82, 2.24) is 24.8 Å². The van der Waals surface area contributed by atoms with Crippen molar-refractivity contribution in [1.29, 1.82) is 0 Å². The molecule has 1 aromatic carbocycles. The van der Waals surface area contributed by atoms with Crippen LogP contribution in [-0.2, 0) is 17.7 Å². The molecule has 0 N–H and O–H groups in total. The molecule has 0 atom stereocenters.